The molecule has 1 aliphatic carbocycles. The summed E-state index contributed by atoms with van der Waals surface area (Å²) in [6.45, 7) is 2.69. The average Bonchev–Trinajstić information content (AvgIpc) is 3.26. The maximum atomic E-state index is 12.8. The molecule has 1 fully saturated rings. The Morgan fingerprint density at radius 2 is 2.12 bits per heavy atom. The van der Waals surface area contributed by atoms with Gasteiger partial charge in [-0.05, 0) is 39.9 Å². The summed E-state index contributed by atoms with van der Waals surface area (Å²) in [5.74, 6) is 0.454. The molecule has 2 heterocycles. The van der Waals surface area contributed by atoms with Crippen LogP contribution >= 0.6 is 0 Å². The number of pyridine rings is 1. The van der Waals surface area contributed by atoms with Crippen molar-refractivity contribution in [2.24, 2.45) is 0 Å². The van der Waals surface area contributed by atoms with Crippen molar-refractivity contribution in [2.45, 2.75) is 57.8 Å². The van der Waals surface area contributed by atoms with Crippen LogP contribution in [0.5, 0.6) is 5.88 Å². The van der Waals surface area contributed by atoms with Crippen LogP contribution in [0.3, 0.4) is 0 Å². The molecule has 0 bridgehead atoms. The molecule has 1 unspecified atom stereocenters. The molecule has 1 aliphatic heterocycles. The minimum atomic E-state index is -0.233. The van der Waals surface area contributed by atoms with E-state index >= 15 is 0 Å². The summed E-state index contributed by atoms with van der Waals surface area (Å²) in [4.78, 5) is 33.4. The second kappa shape index (κ2) is 7.61. The van der Waals surface area contributed by atoms with Gasteiger partial charge in [-0.15, -0.1) is 0 Å². The van der Waals surface area contributed by atoms with Crippen molar-refractivity contribution in [3.05, 3.63) is 22.9 Å². The highest BCUT2D eigenvalue weighted by atomic mass is 16.5. The SMILES string of the molecule is COc1nc2c(cc1CNC(=O)C(C)N(C)C)C(=O)N(C1CCCC1)C2. The average molecular weight is 360 g/mol. The number of carbonyl (C=O) groups excluding carboxylic acids is 2. The number of methoxy groups -OCH3 is 1. The molecule has 2 aliphatic rings. The first-order valence-electron chi connectivity index (χ1n) is 9.24. The van der Waals surface area contributed by atoms with Crippen LogP contribution in [0.1, 0.15) is 54.2 Å². The van der Waals surface area contributed by atoms with E-state index in [0.717, 1.165) is 24.1 Å². The molecular formula is C19H28N4O3. The summed E-state index contributed by atoms with van der Waals surface area (Å²) >= 11 is 0. The predicted octanol–water partition coefficient (Wildman–Crippen LogP) is 1.55. The molecule has 0 spiro atoms. The van der Waals surface area contributed by atoms with Crippen LogP contribution in [-0.2, 0) is 17.9 Å². The van der Waals surface area contributed by atoms with Crippen molar-refractivity contribution < 1.29 is 14.3 Å². The van der Waals surface area contributed by atoms with E-state index in [4.69, 9.17) is 4.74 Å². The van der Waals surface area contributed by atoms with Gasteiger partial charge in [-0.2, -0.15) is 0 Å². The summed E-state index contributed by atoms with van der Waals surface area (Å²) in [6, 6.07) is 1.92. The molecule has 1 atom stereocenters. The number of hydrogen-bond acceptors (Lipinski definition) is 5. The van der Waals surface area contributed by atoms with Gasteiger partial charge in [0.25, 0.3) is 5.91 Å². The van der Waals surface area contributed by atoms with Crippen molar-refractivity contribution in [3.8, 4) is 5.88 Å². The van der Waals surface area contributed by atoms with Crippen molar-refractivity contribution in [3.63, 3.8) is 0 Å². The topological polar surface area (TPSA) is 74.8 Å². The smallest absolute Gasteiger partial charge is 0.256 e. The zero-order valence-electron chi connectivity index (χ0n) is 16.0. The van der Waals surface area contributed by atoms with Crippen molar-refractivity contribution in [2.75, 3.05) is 21.2 Å². The summed E-state index contributed by atoms with van der Waals surface area (Å²) in [7, 11) is 5.28. The second-order valence-corrected chi connectivity index (χ2v) is 7.38. The van der Waals surface area contributed by atoms with E-state index in [1.165, 1.54) is 12.8 Å². The molecule has 0 saturated heterocycles. The molecule has 2 amide bonds. The maximum Gasteiger partial charge on any atom is 0.256 e. The Morgan fingerprint density at radius 3 is 2.73 bits per heavy atom. The van der Waals surface area contributed by atoms with Gasteiger partial charge in [-0.25, -0.2) is 4.98 Å². The fourth-order valence-electron chi connectivity index (χ4n) is 3.65. The third kappa shape index (κ3) is 3.53. The fourth-order valence-corrected chi connectivity index (χ4v) is 3.65. The Morgan fingerprint density at radius 1 is 1.42 bits per heavy atom. The molecule has 7 heteroatoms. The fraction of sp³-hybridized carbons (Fsp3) is 0.632. The van der Waals surface area contributed by atoms with E-state index in [9.17, 15) is 9.59 Å². The zero-order valence-corrected chi connectivity index (χ0v) is 16.0. The van der Waals surface area contributed by atoms with Gasteiger partial charge in [0.15, 0.2) is 0 Å². The van der Waals surface area contributed by atoms with Gasteiger partial charge in [0.05, 0.1) is 31.0 Å². The molecule has 1 aromatic rings. The number of likely N-dealkylation sites (N-methyl/N-ethyl adjacent to an activating group) is 1. The summed E-state index contributed by atoms with van der Waals surface area (Å²) < 4.78 is 5.40. The van der Waals surface area contributed by atoms with Gasteiger partial charge in [0.1, 0.15) is 0 Å². The lowest BCUT2D eigenvalue weighted by Gasteiger charge is -2.22. The zero-order chi connectivity index (χ0) is 18.8. The molecule has 1 saturated carbocycles. The van der Waals surface area contributed by atoms with Crippen LogP contribution < -0.4 is 10.1 Å². The molecule has 26 heavy (non-hydrogen) atoms. The normalized spacial score (nSPS) is 18.3. The Balaban J connectivity index is 1.77. The number of hydrogen-bond donors (Lipinski definition) is 1. The molecule has 0 radical (unpaired) electrons. The number of aromatic nitrogens is 1. The lowest BCUT2D eigenvalue weighted by molar-refractivity contribution is -0.125. The Bertz CT molecular complexity index is 698. The Labute approximate surface area is 154 Å². The van der Waals surface area contributed by atoms with E-state index < -0.39 is 0 Å². The van der Waals surface area contributed by atoms with Crippen LogP contribution in [0.15, 0.2) is 6.07 Å². The number of ether oxygens (including phenoxy) is 1. The highest BCUT2D eigenvalue weighted by molar-refractivity contribution is 5.98. The van der Waals surface area contributed by atoms with Gasteiger partial charge >= 0.3 is 0 Å². The van der Waals surface area contributed by atoms with Crippen LogP contribution in [0, 0.1) is 0 Å². The van der Waals surface area contributed by atoms with Crippen LogP contribution in [0.25, 0.3) is 0 Å². The number of nitrogens with one attached hydrogen (secondary N) is 1. The lowest BCUT2D eigenvalue weighted by atomic mass is 10.1. The summed E-state index contributed by atoms with van der Waals surface area (Å²) in [5.41, 5.74) is 2.14. The number of amides is 2. The number of rotatable bonds is 6. The molecule has 142 valence electrons. The van der Waals surface area contributed by atoms with E-state index in [1.807, 2.05) is 36.9 Å². The van der Waals surface area contributed by atoms with Gasteiger partial charge in [0, 0.05) is 18.2 Å². The standard InChI is InChI=1S/C19H28N4O3/c1-12(22(2)3)17(24)20-10-13-9-15-16(21-18(13)26-4)11-23(19(15)25)14-7-5-6-8-14/h9,12,14H,5-8,10-11H2,1-4H3,(H,20,24). The number of nitrogens with zero attached hydrogens (tertiary/aromatic N) is 3. The van der Waals surface area contributed by atoms with E-state index in [1.54, 1.807) is 7.11 Å². The summed E-state index contributed by atoms with van der Waals surface area (Å²) in [6.07, 6.45) is 4.51. The molecule has 1 aromatic heterocycles. The number of fused-ring (bicyclic) bond motifs is 1. The largest absolute Gasteiger partial charge is 0.481 e. The first kappa shape index (κ1) is 18.6. The second-order valence-electron chi connectivity index (χ2n) is 7.38. The first-order chi connectivity index (χ1) is 12.4. The van der Waals surface area contributed by atoms with Gasteiger partial charge < -0.3 is 15.0 Å². The minimum Gasteiger partial charge on any atom is -0.481 e. The van der Waals surface area contributed by atoms with E-state index in [-0.39, 0.29) is 24.4 Å². The molecular weight excluding hydrogens is 332 g/mol. The molecule has 0 aromatic carbocycles. The Hall–Kier alpha value is -2.15. The lowest BCUT2D eigenvalue weighted by Crippen LogP contribution is -2.41. The Kier molecular flexibility index (Phi) is 5.46. The van der Waals surface area contributed by atoms with E-state index in [2.05, 4.69) is 10.3 Å². The van der Waals surface area contributed by atoms with Crippen LogP contribution in [0.4, 0.5) is 0 Å². The quantitative estimate of drug-likeness (QED) is 0.833. The summed E-state index contributed by atoms with van der Waals surface area (Å²) in [5, 5.41) is 2.90. The monoisotopic (exact) mass is 360 g/mol. The third-order valence-corrected chi connectivity index (χ3v) is 5.52. The van der Waals surface area contributed by atoms with E-state index in [0.29, 0.717) is 24.0 Å². The molecule has 7 nitrogen and oxygen atoms in total. The molecule has 1 N–H and O–H groups in total. The third-order valence-electron chi connectivity index (χ3n) is 5.52. The van der Waals surface area contributed by atoms with Gasteiger partial charge in [0.2, 0.25) is 11.8 Å². The van der Waals surface area contributed by atoms with Crippen molar-refractivity contribution >= 4 is 11.8 Å². The number of carbonyl (C=O) groups is 2. The van der Waals surface area contributed by atoms with Crippen LogP contribution in [0.2, 0.25) is 0 Å². The predicted molar refractivity (Wildman–Crippen MR) is 97.9 cm³/mol. The van der Waals surface area contributed by atoms with Crippen LogP contribution in [-0.4, -0.2) is 59.9 Å². The van der Waals surface area contributed by atoms with Gasteiger partial charge in [-0.3, -0.25) is 14.5 Å². The van der Waals surface area contributed by atoms with Crippen molar-refractivity contribution in [1.82, 2.24) is 20.1 Å². The highest BCUT2D eigenvalue weighted by Crippen LogP contribution is 2.33. The maximum absolute atomic E-state index is 12.8. The highest BCUT2D eigenvalue weighted by Gasteiger charge is 2.36. The van der Waals surface area contributed by atoms with Crippen molar-refractivity contribution in [1.29, 1.82) is 0 Å². The minimum absolute atomic E-state index is 0.0521. The van der Waals surface area contributed by atoms with Gasteiger partial charge in [-0.1, -0.05) is 12.8 Å². The first-order valence-corrected chi connectivity index (χ1v) is 9.24. The molecule has 3 rings (SSSR count).